The van der Waals surface area contributed by atoms with Crippen LogP contribution in [0, 0.1) is 0 Å². The van der Waals surface area contributed by atoms with Crippen molar-refractivity contribution in [2.45, 2.75) is 6.54 Å². The summed E-state index contributed by atoms with van der Waals surface area (Å²) in [5.74, 6) is -0.349. The lowest BCUT2D eigenvalue weighted by molar-refractivity contribution is -0.116. The largest absolute Gasteiger partial charge is 0.348 e. The Kier molecular flexibility index (Phi) is 5.16. The molecule has 0 unspecified atom stereocenters. The van der Waals surface area contributed by atoms with Gasteiger partial charge >= 0.3 is 5.69 Å². The fourth-order valence-electron chi connectivity index (χ4n) is 2.54. The van der Waals surface area contributed by atoms with E-state index in [9.17, 15) is 14.4 Å². The molecule has 0 radical (unpaired) electrons. The van der Waals surface area contributed by atoms with E-state index in [0.29, 0.717) is 6.54 Å². The van der Waals surface area contributed by atoms with Gasteiger partial charge in [0.15, 0.2) is 0 Å². The molecule has 0 aliphatic heterocycles. The van der Waals surface area contributed by atoms with Crippen molar-refractivity contribution in [3.63, 3.8) is 0 Å². The molecule has 0 saturated heterocycles. The molecule has 0 spiro atoms. The Hall–Kier alpha value is -3.68. The summed E-state index contributed by atoms with van der Waals surface area (Å²) in [5, 5.41) is 7.01. The van der Waals surface area contributed by atoms with Crippen molar-refractivity contribution in [1.29, 1.82) is 0 Å². The molecule has 1 aromatic carbocycles. The first kappa shape index (κ1) is 18.1. The first-order chi connectivity index (χ1) is 13.0. The summed E-state index contributed by atoms with van der Waals surface area (Å²) in [6, 6.07) is 9.65. The van der Waals surface area contributed by atoms with Crippen LogP contribution in [-0.4, -0.2) is 24.8 Å². The summed E-state index contributed by atoms with van der Waals surface area (Å²) in [6.07, 6.45) is 7.58. The van der Waals surface area contributed by atoms with Gasteiger partial charge in [0.2, 0.25) is 5.91 Å². The molecule has 2 aromatic heterocycles. The van der Waals surface area contributed by atoms with Crippen LogP contribution in [0.1, 0.15) is 11.1 Å². The van der Waals surface area contributed by atoms with Gasteiger partial charge in [-0.25, -0.2) is 9.48 Å². The van der Waals surface area contributed by atoms with E-state index in [0.717, 1.165) is 15.8 Å². The van der Waals surface area contributed by atoms with Crippen molar-refractivity contribution in [3.05, 3.63) is 87.0 Å². The summed E-state index contributed by atoms with van der Waals surface area (Å²) >= 11 is 0. The smallest absolute Gasteiger partial charge is 0.330 e. The highest BCUT2D eigenvalue weighted by Gasteiger charge is 2.05. The van der Waals surface area contributed by atoms with Crippen molar-refractivity contribution in [2.24, 2.45) is 14.1 Å². The van der Waals surface area contributed by atoms with Crippen molar-refractivity contribution in [1.82, 2.24) is 24.2 Å². The lowest BCUT2D eigenvalue weighted by atomic mass is 10.3. The quantitative estimate of drug-likeness (QED) is 0.671. The second-order valence-corrected chi connectivity index (χ2v) is 6.02. The van der Waals surface area contributed by atoms with Gasteiger partial charge in [0, 0.05) is 44.7 Å². The summed E-state index contributed by atoms with van der Waals surface area (Å²) in [7, 11) is 2.94. The summed E-state index contributed by atoms with van der Waals surface area (Å²) in [6.45, 7) is 0.307. The maximum Gasteiger partial charge on any atom is 0.330 e. The molecule has 1 amide bonds. The number of amides is 1. The van der Waals surface area contributed by atoms with Gasteiger partial charge in [-0.2, -0.15) is 5.10 Å². The molecule has 8 heteroatoms. The van der Waals surface area contributed by atoms with Crippen LogP contribution < -0.4 is 16.6 Å². The number of nitrogens with one attached hydrogen (secondary N) is 1. The van der Waals surface area contributed by atoms with Crippen LogP contribution in [0.25, 0.3) is 11.8 Å². The standard InChI is InChI=1S/C19H19N5O3/c1-22-13-15(18(26)23(2)19(22)27)8-9-17(25)20-10-14-11-21-24(12-14)16-6-4-3-5-7-16/h3-9,11-13H,10H2,1-2H3,(H,20,25)/b9-8+. The lowest BCUT2D eigenvalue weighted by Gasteiger charge is -2.03. The fraction of sp³-hybridized carbons (Fsp3) is 0.158. The van der Waals surface area contributed by atoms with Crippen LogP contribution in [0.4, 0.5) is 0 Å². The second kappa shape index (κ2) is 7.69. The molecular weight excluding hydrogens is 346 g/mol. The molecule has 138 valence electrons. The van der Waals surface area contributed by atoms with Crippen molar-refractivity contribution < 1.29 is 4.79 Å². The van der Waals surface area contributed by atoms with E-state index in [4.69, 9.17) is 0 Å². The van der Waals surface area contributed by atoms with E-state index < -0.39 is 11.2 Å². The zero-order valence-corrected chi connectivity index (χ0v) is 15.0. The third-order valence-electron chi connectivity index (χ3n) is 4.01. The van der Waals surface area contributed by atoms with E-state index in [2.05, 4.69) is 10.4 Å². The van der Waals surface area contributed by atoms with Crippen LogP contribution in [0.2, 0.25) is 0 Å². The maximum atomic E-state index is 12.0. The average molecular weight is 365 g/mol. The number of rotatable bonds is 5. The van der Waals surface area contributed by atoms with Crippen LogP contribution in [0.3, 0.4) is 0 Å². The number of carbonyl (C=O) groups is 1. The Morgan fingerprint density at radius 1 is 1.15 bits per heavy atom. The molecule has 8 nitrogen and oxygen atoms in total. The molecule has 0 atom stereocenters. The zero-order valence-electron chi connectivity index (χ0n) is 15.0. The zero-order chi connectivity index (χ0) is 19.4. The van der Waals surface area contributed by atoms with Crippen molar-refractivity contribution in [2.75, 3.05) is 0 Å². The third-order valence-corrected chi connectivity index (χ3v) is 4.01. The van der Waals surface area contributed by atoms with E-state index in [1.807, 2.05) is 36.5 Å². The second-order valence-electron chi connectivity index (χ2n) is 6.02. The van der Waals surface area contributed by atoms with Gasteiger partial charge in [-0.1, -0.05) is 18.2 Å². The Morgan fingerprint density at radius 3 is 2.63 bits per heavy atom. The molecule has 0 aliphatic rings. The monoisotopic (exact) mass is 365 g/mol. The molecule has 3 rings (SSSR count). The minimum atomic E-state index is -0.453. The SMILES string of the molecule is Cn1cc(/C=C/C(=O)NCc2cnn(-c3ccccc3)c2)c(=O)n(C)c1=O. The Bertz CT molecular complexity index is 1110. The number of benzene rings is 1. The van der Waals surface area contributed by atoms with Gasteiger partial charge in [-0.3, -0.25) is 14.2 Å². The molecule has 0 bridgehead atoms. The highest BCUT2D eigenvalue weighted by Crippen LogP contribution is 2.07. The number of aryl methyl sites for hydroxylation is 1. The lowest BCUT2D eigenvalue weighted by Crippen LogP contribution is -2.37. The highest BCUT2D eigenvalue weighted by atomic mass is 16.2. The Morgan fingerprint density at radius 2 is 1.89 bits per heavy atom. The van der Waals surface area contributed by atoms with E-state index in [-0.39, 0.29) is 11.5 Å². The normalized spacial score (nSPS) is 11.0. The molecule has 27 heavy (non-hydrogen) atoms. The van der Waals surface area contributed by atoms with Gasteiger partial charge in [0.25, 0.3) is 5.56 Å². The predicted molar refractivity (Wildman–Crippen MR) is 101 cm³/mol. The number of hydrogen-bond acceptors (Lipinski definition) is 4. The van der Waals surface area contributed by atoms with Crippen molar-refractivity contribution >= 4 is 12.0 Å². The van der Waals surface area contributed by atoms with E-state index in [1.54, 1.807) is 17.9 Å². The third kappa shape index (κ3) is 4.12. The summed E-state index contributed by atoms with van der Waals surface area (Å²) in [4.78, 5) is 35.7. The highest BCUT2D eigenvalue weighted by molar-refractivity contribution is 5.91. The first-order valence-corrected chi connectivity index (χ1v) is 8.27. The van der Waals surface area contributed by atoms with Gasteiger partial charge in [-0.05, 0) is 18.2 Å². The fourth-order valence-corrected chi connectivity index (χ4v) is 2.54. The summed E-state index contributed by atoms with van der Waals surface area (Å²) < 4.78 is 4.01. The van der Waals surface area contributed by atoms with Crippen LogP contribution in [-0.2, 0) is 25.4 Å². The number of aromatic nitrogens is 4. The first-order valence-electron chi connectivity index (χ1n) is 8.27. The topological polar surface area (TPSA) is 90.9 Å². The van der Waals surface area contributed by atoms with Gasteiger partial charge in [0.1, 0.15) is 0 Å². The summed E-state index contributed by atoms with van der Waals surface area (Å²) in [5.41, 5.74) is 1.16. The van der Waals surface area contributed by atoms with E-state index >= 15 is 0 Å². The molecule has 2 heterocycles. The maximum absolute atomic E-state index is 12.0. The van der Waals surface area contributed by atoms with Crippen LogP contribution in [0.15, 0.2) is 64.6 Å². The molecule has 0 saturated carbocycles. The number of hydrogen-bond donors (Lipinski definition) is 1. The van der Waals surface area contributed by atoms with Gasteiger partial charge in [-0.15, -0.1) is 0 Å². The Labute approximate surface area is 155 Å². The van der Waals surface area contributed by atoms with Crippen molar-refractivity contribution in [3.8, 4) is 5.69 Å². The van der Waals surface area contributed by atoms with E-state index in [1.165, 1.54) is 30.0 Å². The van der Waals surface area contributed by atoms with Crippen LogP contribution >= 0.6 is 0 Å². The number of nitrogens with zero attached hydrogens (tertiary/aromatic N) is 4. The molecule has 3 aromatic rings. The molecule has 0 aliphatic carbocycles. The van der Waals surface area contributed by atoms with Crippen LogP contribution in [0.5, 0.6) is 0 Å². The minimum Gasteiger partial charge on any atom is -0.348 e. The van der Waals surface area contributed by atoms with Gasteiger partial charge in [0.05, 0.1) is 17.4 Å². The molecule has 0 fully saturated rings. The average Bonchev–Trinajstić information content (AvgIpc) is 3.16. The number of carbonyl (C=O) groups excluding carboxylic acids is 1. The minimum absolute atomic E-state index is 0.256. The Balaban J connectivity index is 1.64. The van der Waals surface area contributed by atoms with Gasteiger partial charge < -0.3 is 9.88 Å². The molecular formula is C19H19N5O3. The number of para-hydroxylation sites is 1. The molecule has 1 N–H and O–H groups in total. The predicted octanol–water partition coefficient (Wildman–Crippen LogP) is 0.599.